The van der Waals surface area contributed by atoms with Crippen LogP contribution in [0.3, 0.4) is 0 Å². The highest BCUT2D eigenvalue weighted by molar-refractivity contribution is 6.53. The van der Waals surface area contributed by atoms with Crippen molar-refractivity contribution in [3.05, 3.63) is 12.7 Å². The first-order valence-electron chi connectivity index (χ1n) is 7.42. The van der Waals surface area contributed by atoms with Gasteiger partial charge in [0.25, 0.3) is 0 Å². The average Bonchev–Trinajstić information content (AvgIpc) is 2.52. The molecule has 0 aromatic heterocycles. The van der Waals surface area contributed by atoms with Crippen molar-refractivity contribution in [2.24, 2.45) is 0 Å². The second kappa shape index (κ2) is 8.05. The molecule has 0 radical (unpaired) electrons. The van der Waals surface area contributed by atoms with Gasteiger partial charge in [-0.15, -0.1) is 0 Å². The van der Waals surface area contributed by atoms with Gasteiger partial charge in [0.05, 0.1) is 6.10 Å². The third-order valence-electron chi connectivity index (χ3n) is 3.28. The number of esters is 1. The van der Waals surface area contributed by atoms with Gasteiger partial charge in [0, 0.05) is 32.5 Å². The van der Waals surface area contributed by atoms with Crippen LogP contribution in [-0.2, 0) is 32.9 Å². The van der Waals surface area contributed by atoms with Gasteiger partial charge in [-0.3, -0.25) is 0 Å². The van der Waals surface area contributed by atoms with Crippen LogP contribution in [0.25, 0.3) is 0 Å². The fraction of sp³-hybridized carbons (Fsp3) is 0.769. The summed E-state index contributed by atoms with van der Waals surface area (Å²) in [6.45, 7) is 3.59. The molecule has 2 aliphatic heterocycles. The van der Waals surface area contributed by atoms with Gasteiger partial charge < -0.3 is 33.2 Å². The van der Waals surface area contributed by atoms with E-state index in [0.717, 1.165) is 12.5 Å². The SMILES string of the molecule is C=CC(=O)OC1CO[B-]2(OC1)OCC(OC(O)CCC)CO2. The van der Waals surface area contributed by atoms with Crippen LogP contribution in [-0.4, -0.2) is 63.0 Å². The molecule has 0 aliphatic carbocycles. The van der Waals surface area contributed by atoms with Gasteiger partial charge in [0.15, 0.2) is 6.29 Å². The summed E-state index contributed by atoms with van der Waals surface area (Å²) < 4.78 is 32.2. The van der Waals surface area contributed by atoms with E-state index in [0.29, 0.717) is 6.42 Å². The molecule has 0 amide bonds. The zero-order chi connectivity index (χ0) is 16.0. The van der Waals surface area contributed by atoms with Crippen LogP contribution in [0.4, 0.5) is 0 Å². The van der Waals surface area contributed by atoms with E-state index in [1.807, 2.05) is 6.92 Å². The number of aliphatic hydroxyl groups is 1. The second-order valence-electron chi connectivity index (χ2n) is 5.18. The molecular formula is C13H22BO8-. The lowest BCUT2D eigenvalue weighted by Crippen LogP contribution is -2.61. The lowest BCUT2D eigenvalue weighted by atomic mass is 10.00. The highest BCUT2D eigenvalue weighted by Gasteiger charge is 2.42. The summed E-state index contributed by atoms with van der Waals surface area (Å²) in [7, 11) is 0. The summed E-state index contributed by atoms with van der Waals surface area (Å²) in [6.07, 6.45) is 0.714. The highest BCUT2D eigenvalue weighted by atomic mass is 16.9. The molecule has 1 atom stereocenters. The van der Waals surface area contributed by atoms with Crippen molar-refractivity contribution in [1.82, 2.24) is 0 Å². The predicted molar refractivity (Wildman–Crippen MR) is 75.4 cm³/mol. The first-order valence-corrected chi connectivity index (χ1v) is 7.42. The van der Waals surface area contributed by atoms with Crippen LogP contribution < -0.4 is 0 Å². The van der Waals surface area contributed by atoms with Crippen LogP contribution in [0.15, 0.2) is 12.7 Å². The summed E-state index contributed by atoms with van der Waals surface area (Å²) in [5.74, 6) is -0.537. The van der Waals surface area contributed by atoms with Crippen molar-refractivity contribution in [2.75, 3.05) is 26.4 Å². The number of carbonyl (C=O) groups excluding carboxylic acids is 1. The van der Waals surface area contributed by atoms with Gasteiger partial charge in [-0.25, -0.2) is 4.79 Å². The first kappa shape index (κ1) is 17.4. The molecule has 2 heterocycles. The van der Waals surface area contributed by atoms with Gasteiger partial charge in [0.1, 0.15) is 6.10 Å². The van der Waals surface area contributed by atoms with Crippen LogP contribution in [0, 0.1) is 0 Å². The lowest BCUT2D eigenvalue weighted by molar-refractivity contribution is -0.202. The molecule has 0 aromatic carbocycles. The Hall–Kier alpha value is -0.965. The van der Waals surface area contributed by atoms with Gasteiger partial charge in [0.2, 0.25) is 0 Å². The fourth-order valence-electron chi connectivity index (χ4n) is 2.18. The Balaban J connectivity index is 1.72. The molecule has 126 valence electrons. The Morgan fingerprint density at radius 3 is 2.32 bits per heavy atom. The smallest absolute Gasteiger partial charge is 0.516 e. The number of carbonyl (C=O) groups is 1. The summed E-state index contributed by atoms with van der Waals surface area (Å²) in [5, 5.41) is 9.60. The molecule has 8 nitrogen and oxygen atoms in total. The maximum absolute atomic E-state index is 11.1. The minimum absolute atomic E-state index is 0.115. The minimum Gasteiger partial charge on any atom is -0.516 e. The lowest BCUT2D eigenvalue weighted by Gasteiger charge is -2.49. The Morgan fingerprint density at radius 1 is 1.27 bits per heavy atom. The van der Waals surface area contributed by atoms with E-state index >= 15 is 0 Å². The fourth-order valence-corrected chi connectivity index (χ4v) is 2.18. The Kier molecular flexibility index (Phi) is 6.36. The van der Waals surface area contributed by atoms with Crippen molar-refractivity contribution in [3.63, 3.8) is 0 Å². The molecule has 1 unspecified atom stereocenters. The monoisotopic (exact) mass is 317 g/mol. The molecule has 2 fully saturated rings. The van der Waals surface area contributed by atoms with Gasteiger partial charge in [-0.2, -0.15) is 0 Å². The summed E-state index contributed by atoms with van der Waals surface area (Å²) >= 11 is 0. The van der Waals surface area contributed by atoms with Gasteiger partial charge >= 0.3 is 12.9 Å². The molecule has 0 bridgehead atoms. The van der Waals surface area contributed by atoms with Crippen LogP contribution >= 0.6 is 0 Å². The van der Waals surface area contributed by atoms with Crippen molar-refractivity contribution in [3.8, 4) is 0 Å². The maximum Gasteiger partial charge on any atom is 0.531 e. The average molecular weight is 317 g/mol. The number of hydrogen-bond acceptors (Lipinski definition) is 8. The zero-order valence-electron chi connectivity index (χ0n) is 12.6. The van der Waals surface area contributed by atoms with Crippen molar-refractivity contribution in [2.45, 2.75) is 38.3 Å². The molecule has 1 spiro atoms. The van der Waals surface area contributed by atoms with E-state index < -0.39 is 25.3 Å². The van der Waals surface area contributed by atoms with Gasteiger partial charge in [-0.1, -0.05) is 19.9 Å². The second-order valence-corrected chi connectivity index (χ2v) is 5.18. The largest absolute Gasteiger partial charge is 0.531 e. The minimum atomic E-state index is -2.30. The Morgan fingerprint density at radius 2 is 1.82 bits per heavy atom. The standard InChI is InChI=1S/C13H22BO8/c1-3-5-13(16)22-11-8-19-14(20-9-11)17-6-10(7-18-14)21-12(15)4-2/h4,10-11,13,16H,2-3,5-9H2,1H3/q-1. The molecule has 2 aliphatic rings. The first-order chi connectivity index (χ1) is 10.6. The van der Waals surface area contributed by atoms with E-state index in [4.69, 9.17) is 28.1 Å². The third-order valence-corrected chi connectivity index (χ3v) is 3.28. The van der Waals surface area contributed by atoms with E-state index in [9.17, 15) is 9.90 Å². The van der Waals surface area contributed by atoms with Crippen LogP contribution in [0.1, 0.15) is 19.8 Å². The van der Waals surface area contributed by atoms with Crippen molar-refractivity contribution >= 4 is 12.9 Å². The van der Waals surface area contributed by atoms with E-state index in [-0.39, 0.29) is 32.5 Å². The Bertz CT molecular complexity index is 372. The zero-order valence-corrected chi connectivity index (χ0v) is 12.6. The van der Waals surface area contributed by atoms with Crippen molar-refractivity contribution in [1.29, 1.82) is 0 Å². The topological polar surface area (TPSA) is 92.7 Å². The molecule has 0 aromatic rings. The molecule has 9 heteroatoms. The Labute approximate surface area is 129 Å². The van der Waals surface area contributed by atoms with E-state index in [1.54, 1.807) is 0 Å². The molecular weight excluding hydrogens is 295 g/mol. The van der Waals surface area contributed by atoms with E-state index in [2.05, 4.69) is 6.58 Å². The third kappa shape index (κ3) is 4.77. The van der Waals surface area contributed by atoms with E-state index in [1.165, 1.54) is 0 Å². The van der Waals surface area contributed by atoms with Crippen LogP contribution in [0.2, 0.25) is 0 Å². The maximum atomic E-state index is 11.1. The van der Waals surface area contributed by atoms with Crippen LogP contribution in [0.5, 0.6) is 0 Å². The number of aliphatic hydroxyl groups excluding tert-OH is 1. The molecule has 2 saturated heterocycles. The molecule has 22 heavy (non-hydrogen) atoms. The van der Waals surface area contributed by atoms with Crippen molar-refractivity contribution < 1.29 is 38.0 Å². The number of ether oxygens (including phenoxy) is 2. The predicted octanol–water partition coefficient (Wildman–Crippen LogP) is 0.117. The molecule has 0 saturated carbocycles. The highest BCUT2D eigenvalue weighted by Crippen LogP contribution is 2.24. The quantitative estimate of drug-likeness (QED) is 0.319. The number of hydrogen-bond donors (Lipinski definition) is 1. The molecule has 1 N–H and O–H groups in total. The normalized spacial score (nSPS) is 33.4. The van der Waals surface area contributed by atoms with Gasteiger partial charge in [-0.05, 0) is 6.42 Å². The molecule has 2 rings (SSSR count). The summed E-state index contributed by atoms with van der Waals surface area (Å²) in [6, 6.07) is 0. The summed E-state index contributed by atoms with van der Waals surface area (Å²) in [5.41, 5.74) is 0. The number of rotatable bonds is 6. The summed E-state index contributed by atoms with van der Waals surface area (Å²) in [4.78, 5) is 11.1.